The average Bonchev–Trinajstić information content (AvgIpc) is 2.84. The van der Waals surface area contributed by atoms with Gasteiger partial charge in [-0.05, 0) is 0 Å². The molecule has 0 radical (unpaired) electrons. The Morgan fingerprint density at radius 3 is 2.70 bits per heavy atom. The number of fused-ring (bicyclic) bond motifs is 1. The standard InChI is InChI=1S/C11H19N6O5P/c1-16(2)9-8-10(15-11(12)14-9)17(5-13-8)3-7(4-18)22-6-23(19,20)21/h5,7,18H,3-4,6H2,1-2H3,(H2,12,14,15)(H2,19,20,21)/t7-/m0/s1. The van der Waals surface area contributed by atoms with Crippen molar-refractivity contribution < 1.29 is 24.2 Å². The number of nitrogen functional groups attached to an aromatic ring is 1. The smallest absolute Gasteiger partial charge is 0.350 e. The molecule has 0 aliphatic rings. The van der Waals surface area contributed by atoms with Crippen molar-refractivity contribution in [2.24, 2.45) is 0 Å². The number of nitrogens with two attached hydrogens (primary N) is 1. The van der Waals surface area contributed by atoms with E-state index in [1.54, 1.807) is 23.6 Å². The molecule has 0 aliphatic heterocycles. The van der Waals surface area contributed by atoms with Crippen LogP contribution < -0.4 is 10.6 Å². The molecule has 0 fully saturated rings. The molecular weight excluding hydrogens is 327 g/mol. The summed E-state index contributed by atoms with van der Waals surface area (Å²) in [6, 6.07) is 0. The molecule has 11 nitrogen and oxygen atoms in total. The highest BCUT2D eigenvalue weighted by atomic mass is 31.2. The number of nitrogens with zero attached hydrogens (tertiary/aromatic N) is 5. The summed E-state index contributed by atoms with van der Waals surface area (Å²) in [4.78, 5) is 31.9. The maximum atomic E-state index is 10.9. The Bertz CT molecular complexity index is 729. The van der Waals surface area contributed by atoms with Gasteiger partial charge in [-0.15, -0.1) is 0 Å². The lowest BCUT2D eigenvalue weighted by molar-refractivity contribution is 0.0202. The van der Waals surface area contributed by atoms with Crippen LogP contribution in [0, 0.1) is 0 Å². The van der Waals surface area contributed by atoms with Gasteiger partial charge in [-0.2, -0.15) is 9.97 Å². The molecule has 1 atom stereocenters. The summed E-state index contributed by atoms with van der Waals surface area (Å²) in [6.45, 7) is -0.308. The van der Waals surface area contributed by atoms with Gasteiger partial charge < -0.3 is 34.8 Å². The fourth-order valence-electron chi connectivity index (χ4n) is 1.98. The van der Waals surface area contributed by atoms with Crippen molar-refractivity contribution in [2.75, 3.05) is 37.7 Å². The molecule has 2 aromatic rings. The highest BCUT2D eigenvalue weighted by molar-refractivity contribution is 7.51. The molecule has 2 rings (SSSR count). The van der Waals surface area contributed by atoms with Crippen molar-refractivity contribution >= 4 is 30.5 Å². The van der Waals surface area contributed by atoms with E-state index in [2.05, 4.69) is 15.0 Å². The first-order valence-electron chi connectivity index (χ1n) is 6.64. The number of imidazole rings is 1. The van der Waals surface area contributed by atoms with E-state index in [1.165, 1.54) is 6.33 Å². The van der Waals surface area contributed by atoms with Crippen LogP contribution in [0.4, 0.5) is 11.8 Å². The minimum Gasteiger partial charge on any atom is -0.394 e. The van der Waals surface area contributed by atoms with Gasteiger partial charge in [0, 0.05) is 14.1 Å². The number of aromatic nitrogens is 4. The molecule has 2 aromatic heterocycles. The Kier molecular flexibility index (Phi) is 5.17. The summed E-state index contributed by atoms with van der Waals surface area (Å²) in [5.41, 5.74) is 6.66. The van der Waals surface area contributed by atoms with Gasteiger partial charge in [0.15, 0.2) is 17.0 Å². The number of ether oxygens (including phenoxy) is 1. The molecule has 0 aromatic carbocycles. The van der Waals surface area contributed by atoms with E-state index < -0.39 is 26.7 Å². The van der Waals surface area contributed by atoms with Gasteiger partial charge >= 0.3 is 7.60 Å². The van der Waals surface area contributed by atoms with Crippen molar-refractivity contribution in [2.45, 2.75) is 12.6 Å². The van der Waals surface area contributed by atoms with Crippen LogP contribution in [0.5, 0.6) is 0 Å². The van der Waals surface area contributed by atoms with E-state index in [0.717, 1.165) is 0 Å². The van der Waals surface area contributed by atoms with Gasteiger partial charge in [0.1, 0.15) is 6.35 Å². The third kappa shape index (κ3) is 4.36. The lowest BCUT2D eigenvalue weighted by Gasteiger charge is -2.17. The maximum absolute atomic E-state index is 10.9. The summed E-state index contributed by atoms with van der Waals surface area (Å²) in [7, 11) is -0.727. The summed E-state index contributed by atoms with van der Waals surface area (Å²) < 4.78 is 17.5. The normalized spacial score (nSPS) is 13.4. The van der Waals surface area contributed by atoms with E-state index in [1.807, 2.05) is 0 Å². The second-order valence-electron chi connectivity index (χ2n) is 5.13. The summed E-state index contributed by atoms with van der Waals surface area (Å²) in [5, 5.41) is 9.31. The van der Waals surface area contributed by atoms with Crippen molar-refractivity contribution in [3.63, 3.8) is 0 Å². The summed E-state index contributed by atoms with van der Waals surface area (Å²) in [6.07, 6.45) is -0.112. The summed E-state index contributed by atoms with van der Waals surface area (Å²) in [5.74, 6) is 0.613. The van der Waals surface area contributed by atoms with Crippen molar-refractivity contribution in [1.29, 1.82) is 0 Å². The van der Waals surface area contributed by atoms with Crippen LogP contribution in [-0.4, -0.2) is 67.6 Å². The Hall–Kier alpha value is -1.78. The van der Waals surface area contributed by atoms with Gasteiger partial charge in [0.2, 0.25) is 5.95 Å². The molecule has 128 valence electrons. The van der Waals surface area contributed by atoms with Crippen LogP contribution in [0.3, 0.4) is 0 Å². The molecule has 2 heterocycles. The lowest BCUT2D eigenvalue weighted by Crippen LogP contribution is -2.24. The predicted octanol–water partition coefficient (Wildman–Crippen LogP) is -1.01. The molecule has 0 saturated carbocycles. The fourth-order valence-corrected chi connectivity index (χ4v) is 2.38. The van der Waals surface area contributed by atoms with Crippen molar-refractivity contribution in [3.05, 3.63) is 6.33 Å². The van der Waals surface area contributed by atoms with E-state index >= 15 is 0 Å². The predicted molar refractivity (Wildman–Crippen MR) is 82.9 cm³/mol. The first-order chi connectivity index (χ1) is 10.7. The largest absolute Gasteiger partial charge is 0.394 e. The van der Waals surface area contributed by atoms with Crippen molar-refractivity contribution in [3.8, 4) is 0 Å². The van der Waals surface area contributed by atoms with Crippen LogP contribution in [0.1, 0.15) is 0 Å². The summed E-state index contributed by atoms with van der Waals surface area (Å²) >= 11 is 0. The zero-order chi connectivity index (χ0) is 17.2. The molecule has 0 bridgehead atoms. The second kappa shape index (κ2) is 6.77. The van der Waals surface area contributed by atoms with E-state index in [0.29, 0.717) is 17.0 Å². The minimum atomic E-state index is -4.31. The van der Waals surface area contributed by atoms with Gasteiger partial charge in [0.25, 0.3) is 0 Å². The van der Waals surface area contributed by atoms with Gasteiger partial charge in [-0.3, -0.25) is 4.57 Å². The molecule has 0 saturated heterocycles. The minimum absolute atomic E-state index is 0.0691. The van der Waals surface area contributed by atoms with Crippen LogP contribution in [0.2, 0.25) is 0 Å². The SMILES string of the molecule is CN(C)c1nc(N)nc2c1ncn2C[C@@H](CO)OCP(=O)(O)O. The lowest BCUT2D eigenvalue weighted by atomic mass is 10.3. The van der Waals surface area contributed by atoms with Gasteiger partial charge in [-0.25, -0.2) is 4.98 Å². The maximum Gasteiger partial charge on any atom is 0.350 e. The molecular formula is C11H19N6O5P. The highest BCUT2D eigenvalue weighted by Gasteiger charge is 2.20. The Morgan fingerprint density at radius 2 is 2.13 bits per heavy atom. The number of anilines is 2. The highest BCUT2D eigenvalue weighted by Crippen LogP contribution is 2.34. The third-order valence-corrected chi connectivity index (χ3v) is 3.45. The van der Waals surface area contributed by atoms with E-state index in [9.17, 15) is 9.67 Å². The van der Waals surface area contributed by atoms with Gasteiger partial charge in [0.05, 0.1) is 25.6 Å². The van der Waals surface area contributed by atoms with Crippen LogP contribution in [0.25, 0.3) is 11.2 Å². The van der Waals surface area contributed by atoms with Crippen LogP contribution in [0.15, 0.2) is 6.33 Å². The number of aliphatic hydroxyl groups excluding tert-OH is 1. The Morgan fingerprint density at radius 1 is 1.43 bits per heavy atom. The quantitative estimate of drug-likeness (QED) is 0.457. The topological polar surface area (TPSA) is 160 Å². The fraction of sp³-hybridized carbons (Fsp3) is 0.545. The molecule has 0 unspecified atom stereocenters. The van der Waals surface area contributed by atoms with Crippen LogP contribution in [-0.2, 0) is 15.8 Å². The van der Waals surface area contributed by atoms with Crippen molar-refractivity contribution in [1.82, 2.24) is 19.5 Å². The Labute approximate surface area is 131 Å². The monoisotopic (exact) mass is 346 g/mol. The number of rotatable bonds is 7. The number of aliphatic hydroxyl groups is 1. The second-order valence-corrected chi connectivity index (χ2v) is 6.72. The molecule has 0 amide bonds. The third-order valence-electron chi connectivity index (χ3n) is 2.97. The first kappa shape index (κ1) is 17.6. The molecule has 12 heteroatoms. The van der Waals surface area contributed by atoms with Gasteiger partial charge in [-0.1, -0.05) is 0 Å². The Balaban J connectivity index is 2.27. The molecule has 5 N–H and O–H groups in total. The van der Waals surface area contributed by atoms with E-state index in [-0.39, 0.29) is 12.5 Å². The first-order valence-corrected chi connectivity index (χ1v) is 8.43. The molecule has 0 spiro atoms. The molecule has 23 heavy (non-hydrogen) atoms. The molecule has 0 aliphatic carbocycles. The number of hydrogen-bond acceptors (Lipinski definition) is 8. The average molecular weight is 346 g/mol. The number of hydrogen-bond donors (Lipinski definition) is 4. The van der Waals surface area contributed by atoms with E-state index in [4.69, 9.17) is 20.3 Å². The zero-order valence-corrected chi connectivity index (χ0v) is 13.6. The zero-order valence-electron chi connectivity index (χ0n) is 12.7. The van der Waals surface area contributed by atoms with Crippen LogP contribution >= 0.6 is 7.60 Å².